The summed E-state index contributed by atoms with van der Waals surface area (Å²) in [5, 5.41) is 10.1. The first-order valence-corrected chi connectivity index (χ1v) is 7.47. The van der Waals surface area contributed by atoms with Crippen LogP contribution in [0.15, 0.2) is 23.8 Å². The lowest BCUT2D eigenvalue weighted by molar-refractivity contribution is -0.142. The number of thiazole rings is 1. The molecule has 0 radical (unpaired) electrons. The number of carbonyl (C=O) groups is 1. The summed E-state index contributed by atoms with van der Waals surface area (Å²) in [6, 6.07) is 1.91. The Kier molecular flexibility index (Phi) is 5.55. The third kappa shape index (κ3) is 4.65. The Labute approximate surface area is 121 Å². The van der Waals surface area contributed by atoms with Gasteiger partial charge in [-0.2, -0.15) is 5.10 Å². The third-order valence-corrected chi connectivity index (χ3v) is 3.43. The first kappa shape index (κ1) is 14.5. The molecule has 0 unspecified atom stereocenters. The Bertz CT molecular complexity index is 524. The minimum Gasteiger partial charge on any atom is -0.466 e. The number of ether oxygens (including phenoxy) is 1. The number of anilines is 1. The number of aryl methyl sites for hydroxylation is 1. The second-order valence-electron chi connectivity index (χ2n) is 4.18. The molecule has 6 nitrogen and oxygen atoms in total. The Morgan fingerprint density at radius 3 is 3.20 bits per heavy atom. The first-order valence-electron chi connectivity index (χ1n) is 6.59. The molecule has 0 saturated heterocycles. The van der Waals surface area contributed by atoms with Crippen LogP contribution in [0.2, 0.25) is 0 Å². The smallest absolute Gasteiger partial charge is 0.311 e. The van der Waals surface area contributed by atoms with Gasteiger partial charge >= 0.3 is 5.97 Å². The maximum Gasteiger partial charge on any atom is 0.311 e. The van der Waals surface area contributed by atoms with Crippen LogP contribution in [0.5, 0.6) is 0 Å². The van der Waals surface area contributed by atoms with Crippen molar-refractivity contribution in [2.45, 2.75) is 26.3 Å². The van der Waals surface area contributed by atoms with E-state index < -0.39 is 0 Å². The fraction of sp³-hybridized carbons (Fsp3) is 0.462. The highest BCUT2D eigenvalue weighted by molar-refractivity contribution is 7.13. The molecule has 0 spiro atoms. The zero-order chi connectivity index (χ0) is 14.2. The van der Waals surface area contributed by atoms with Gasteiger partial charge in [0.15, 0.2) is 5.13 Å². The standard InChI is InChI=1S/C13H18N4O2S/c1-2-19-12(18)9-11-10-20-13(16-11)14-5-3-7-17-8-4-6-15-17/h4,6,8,10H,2-3,5,7,9H2,1H3,(H,14,16). The van der Waals surface area contributed by atoms with E-state index in [1.807, 2.05) is 22.3 Å². The number of rotatable bonds is 8. The normalized spacial score (nSPS) is 10.4. The summed E-state index contributed by atoms with van der Waals surface area (Å²) in [5.41, 5.74) is 0.753. The summed E-state index contributed by atoms with van der Waals surface area (Å²) in [7, 11) is 0. The molecule has 0 bridgehead atoms. The van der Waals surface area contributed by atoms with E-state index in [4.69, 9.17) is 4.74 Å². The molecule has 2 heterocycles. The average Bonchev–Trinajstić information content (AvgIpc) is 3.06. The van der Waals surface area contributed by atoms with Crippen LogP contribution in [0.3, 0.4) is 0 Å². The van der Waals surface area contributed by atoms with E-state index in [-0.39, 0.29) is 12.4 Å². The SMILES string of the molecule is CCOC(=O)Cc1csc(NCCCn2cccn2)n1. The summed E-state index contributed by atoms with van der Waals surface area (Å²) >= 11 is 1.51. The molecule has 0 aromatic carbocycles. The summed E-state index contributed by atoms with van der Waals surface area (Å²) in [5.74, 6) is -0.233. The molecule has 0 aliphatic carbocycles. The van der Waals surface area contributed by atoms with Crippen molar-refractivity contribution >= 4 is 22.4 Å². The second kappa shape index (κ2) is 7.64. The average molecular weight is 294 g/mol. The molecule has 2 rings (SSSR count). The summed E-state index contributed by atoms with van der Waals surface area (Å²) in [6.45, 7) is 3.90. The maximum atomic E-state index is 11.3. The number of aromatic nitrogens is 3. The van der Waals surface area contributed by atoms with Gasteiger partial charge in [0, 0.05) is 30.9 Å². The number of nitrogens with zero attached hydrogens (tertiary/aromatic N) is 3. The van der Waals surface area contributed by atoms with Gasteiger partial charge in [0.2, 0.25) is 0 Å². The van der Waals surface area contributed by atoms with Crippen LogP contribution in [0.4, 0.5) is 5.13 Å². The van der Waals surface area contributed by atoms with Crippen LogP contribution in [-0.4, -0.2) is 33.9 Å². The molecule has 1 N–H and O–H groups in total. The number of hydrogen-bond donors (Lipinski definition) is 1. The van der Waals surface area contributed by atoms with E-state index in [1.165, 1.54) is 11.3 Å². The minimum atomic E-state index is -0.233. The summed E-state index contributed by atoms with van der Waals surface area (Å²) < 4.78 is 6.79. The number of esters is 1. The fourth-order valence-electron chi connectivity index (χ4n) is 1.70. The largest absolute Gasteiger partial charge is 0.466 e. The van der Waals surface area contributed by atoms with Crippen LogP contribution < -0.4 is 5.32 Å². The summed E-state index contributed by atoms with van der Waals surface area (Å²) in [4.78, 5) is 15.7. The lowest BCUT2D eigenvalue weighted by Crippen LogP contribution is -2.09. The Morgan fingerprint density at radius 2 is 2.45 bits per heavy atom. The van der Waals surface area contributed by atoms with Crippen LogP contribution in [0, 0.1) is 0 Å². The van der Waals surface area contributed by atoms with Crippen LogP contribution >= 0.6 is 11.3 Å². The van der Waals surface area contributed by atoms with E-state index in [2.05, 4.69) is 15.4 Å². The van der Waals surface area contributed by atoms with Crippen LogP contribution in [-0.2, 0) is 22.5 Å². The monoisotopic (exact) mass is 294 g/mol. The molecule has 20 heavy (non-hydrogen) atoms. The van der Waals surface area contributed by atoms with Gasteiger partial charge in [0.1, 0.15) is 0 Å². The van der Waals surface area contributed by atoms with E-state index in [0.29, 0.717) is 6.61 Å². The zero-order valence-electron chi connectivity index (χ0n) is 11.4. The van der Waals surface area contributed by atoms with Crippen molar-refractivity contribution in [2.24, 2.45) is 0 Å². The first-order chi connectivity index (χ1) is 9.78. The minimum absolute atomic E-state index is 0.233. The van der Waals surface area contributed by atoms with E-state index in [9.17, 15) is 4.79 Å². The molecule has 0 aliphatic rings. The van der Waals surface area contributed by atoms with Crippen LogP contribution in [0.1, 0.15) is 19.0 Å². The molecule has 0 fully saturated rings. The van der Waals surface area contributed by atoms with Gasteiger partial charge in [0.25, 0.3) is 0 Å². The van der Waals surface area contributed by atoms with Gasteiger partial charge in [0.05, 0.1) is 18.7 Å². The topological polar surface area (TPSA) is 69.0 Å². The van der Waals surface area contributed by atoms with Crippen molar-refractivity contribution in [3.8, 4) is 0 Å². The highest BCUT2D eigenvalue weighted by atomic mass is 32.1. The van der Waals surface area contributed by atoms with Crippen molar-refractivity contribution in [1.29, 1.82) is 0 Å². The molecule has 2 aromatic heterocycles. The Morgan fingerprint density at radius 1 is 1.55 bits per heavy atom. The lowest BCUT2D eigenvalue weighted by atomic mass is 10.3. The lowest BCUT2D eigenvalue weighted by Gasteiger charge is -2.03. The van der Waals surface area contributed by atoms with Gasteiger partial charge < -0.3 is 10.1 Å². The highest BCUT2D eigenvalue weighted by Crippen LogP contribution is 2.16. The quantitative estimate of drug-likeness (QED) is 0.595. The molecule has 0 saturated carbocycles. The van der Waals surface area contributed by atoms with E-state index >= 15 is 0 Å². The van der Waals surface area contributed by atoms with Crippen molar-refractivity contribution in [1.82, 2.24) is 14.8 Å². The van der Waals surface area contributed by atoms with Gasteiger partial charge in [-0.3, -0.25) is 9.48 Å². The molecule has 7 heteroatoms. The highest BCUT2D eigenvalue weighted by Gasteiger charge is 2.07. The maximum absolute atomic E-state index is 11.3. The Hall–Kier alpha value is -1.89. The molecular formula is C13H18N4O2S. The number of nitrogens with one attached hydrogen (secondary N) is 1. The number of hydrogen-bond acceptors (Lipinski definition) is 6. The van der Waals surface area contributed by atoms with Crippen molar-refractivity contribution in [3.05, 3.63) is 29.5 Å². The van der Waals surface area contributed by atoms with E-state index in [1.54, 1.807) is 13.1 Å². The fourth-order valence-corrected chi connectivity index (χ4v) is 2.44. The predicted molar refractivity (Wildman–Crippen MR) is 77.8 cm³/mol. The molecule has 0 aliphatic heterocycles. The summed E-state index contributed by atoms with van der Waals surface area (Å²) in [6.07, 6.45) is 4.92. The van der Waals surface area contributed by atoms with Crippen molar-refractivity contribution in [3.63, 3.8) is 0 Å². The van der Waals surface area contributed by atoms with Gasteiger partial charge in [-0.05, 0) is 19.4 Å². The molecule has 2 aromatic rings. The zero-order valence-corrected chi connectivity index (χ0v) is 12.2. The van der Waals surface area contributed by atoms with Gasteiger partial charge in [-0.25, -0.2) is 4.98 Å². The van der Waals surface area contributed by atoms with Crippen molar-refractivity contribution in [2.75, 3.05) is 18.5 Å². The van der Waals surface area contributed by atoms with E-state index in [0.717, 1.165) is 30.3 Å². The van der Waals surface area contributed by atoms with Gasteiger partial charge in [-0.15, -0.1) is 11.3 Å². The van der Waals surface area contributed by atoms with Crippen molar-refractivity contribution < 1.29 is 9.53 Å². The molecule has 108 valence electrons. The molecule has 0 atom stereocenters. The Balaban J connectivity index is 1.68. The second-order valence-corrected chi connectivity index (χ2v) is 5.03. The third-order valence-electron chi connectivity index (χ3n) is 2.58. The molecular weight excluding hydrogens is 276 g/mol. The number of carbonyl (C=O) groups excluding carboxylic acids is 1. The molecule has 0 amide bonds. The van der Waals surface area contributed by atoms with Crippen LogP contribution in [0.25, 0.3) is 0 Å². The van der Waals surface area contributed by atoms with Gasteiger partial charge in [-0.1, -0.05) is 0 Å². The predicted octanol–water partition coefficient (Wildman–Crippen LogP) is 1.95.